The van der Waals surface area contributed by atoms with Crippen molar-refractivity contribution in [3.63, 3.8) is 0 Å². The molecule has 2 aliphatic heterocycles. The highest BCUT2D eigenvalue weighted by Gasteiger charge is 2.50. The zero-order valence-electron chi connectivity index (χ0n) is 11.1. The summed E-state index contributed by atoms with van der Waals surface area (Å²) in [7, 11) is 0. The van der Waals surface area contributed by atoms with Crippen LogP contribution >= 0.6 is 0 Å². The van der Waals surface area contributed by atoms with Gasteiger partial charge in [-0.1, -0.05) is 13.8 Å². The molecular formula is C13H21NO4. The number of carbonyl (C=O) groups excluding carboxylic acids is 2. The quantitative estimate of drug-likeness (QED) is 0.570. The fourth-order valence-corrected chi connectivity index (χ4v) is 3.34. The van der Waals surface area contributed by atoms with Gasteiger partial charge in [0.2, 0.25) is 0 Å². The molecule has 0 spiro atoms. The Hall–Kier alpha value is -1.10. The Balaban J connectivity index is 2.12. The van der Waals surface area contributed by atoms with Crippen molar-refractivity contribution in [3.05, 3.63) is 0 Å². The van der Waals surface area contributed by atoms with Crippen LogP contribution in [0.4, 0.5) is 4.79 Å². The molecule has 1 N–H and O–H groups in total. The lowest BCUT2D eigenvalue weighted by atomic mass is 9.80. The van der Waals surface area contributed by atoms with E-state index in [1.54, 1.807) is 4.90 Å². The molecule has 2 heterocycles. The van der Waals surface area contributed by atoms with Crippen LogP contribution in [-0.4, -0.2) is 40.3 Å². The van der Waals surface area contributed by atoms with Gasteiger partial charge < -0.3 is 9.84 Å². The normalized spacial score (nSPS) is 34.8. The summed E-state index contributed by atoms with van der Waals surface area (Å²) in [6.45, 7) is 5.41. The number of rotatable bonds is 1. The molecule has 0 aromatic rings. The van der Waals surface area contributed by atoms with Crippen LogP contribution in [0.5, 0.6) is 0 Å². The Kier molecular flexibility index (Phi) is 3.61. The molecule has 102 valence electrons. The zero-order valence-corrected chi connectivity index (χ0v) is 11.1. The van der Waals surface area contributed by atoms with Gasteiger partial charge in [-0.05, 0) is 31.1 Å². The third kappa shape index (κ3) is 2.23. The standard InChI is InChI=1S/C13H21NO4/c1-7(2)10-6-9-4-5-11(12(10)16)14(9)13(17)18-8(3)15/h7,9-12,16H,4-6H2,1-3H3. The minimum atomic E-state index is -0.601. The number of piperidine rings is 1. The first-order valence-corrected chi connectivity index (χ1v) is 6.60. The lowest BCUT2D eigenvalue weighted by Gasteiger charge is -2.43. The Morgan fingerprint density at radius 3 is 2.56 bits per heavy atom. The van der Waals surface area contributed by atoms with Crippen LogP contribution in [0.2, 0.25) is 0 Å². The van der Waals surface area contributed by atoms with Crippen molar-refractivity contribution in [1.82, 2.24) is 4.90 Å². The Morgan fingerprint density at radius 1 is 1.33 bits per heavy atom. The third-order valence-corrected chi connectivity index (χ3v) is 4.22. The number of amides is 1. The topological polar surface area (TPSA) is 66.8 Å². The molecule has 4 atom stereocenters. The molecule has 2 bridgehead atoms. The van der Waals surface area contributed by atoms with Gasteiger partial charge >= 0.3 is 12.1 Å². The second kappa shape index (κ2) is 4.88. The SMILES string of the molecule is CC(=O)OC(=O)N1C2CCC1C(O)C(C(C)C)C2. The van der Waals surface area contributed by atoms with Crippen LogP contribution in [0, 0.1) is 11.8 Å². The molecule has 0 aromatic heterocycles. The summed E-state index contributed by atoms with van der Waals surface area (Å²) in [6, 6.07) is -0.0827. The van der Waals surface area contributed by atoms with E-state index in [-0.39, 0.29) is 18.0 Å². The second-order valence-corrected chi connectivity index (χ2v) is 5.70. The van der Waals surface area contributed by atoms with E-state index >= 15 is 0 Å². The summed E-state index contributed by atoms with van der Waals surface area (Å²) in [5, 5.41) is 10.3. The minimum Gasteiger partial charge on any atom is -0.391 e. The number of esters is 1. The van der Waals surface area contributed by atoms with Crippen LogP contribution in [0.1, 0.15) is 40.0 Å². The number of hydrogen-bond donors (Lipinski definition) is 1. The molecule has 2 saturated heterocycles. The van der Waals surface area contributed by atoms with E-state index < -0.39 is 18.2 Å². The number of nitrogens with zero attached hydrogens (tertiary/aromatic N) is 1. The fraction of sp³-hybridized carbons (Fsp3) is 0.846. The molecule has 0 aromatic carbocycles. The number of fused-ring (bicyclic) bond motifs is 2. The van der Waals surface area contributed by atoms with Gasteiger partial charge in [0.15, 0.2) is 0 Å². The third-order valence-electron chi connectivity index (χ3n) is 4.22. The number of carbonyl (C=O) groups is 2. The molecule has 5 nitrogen and oxygen atoms in total. The van der Waals surface area contributed by atoms with Crippen molar-refractivity contribution in [2.24, 2.45) is 11.8 Å². The van der Waals surface area contributed by atoms with Crippen molar-refractivity contribution < 1.29 is 19.4 Å². The maximum atomic E-state index is 11.9. The summed E-state index contributed by atoms with van der Waals surface area (Å²) < 4.78 is 4.65. The van der Waals surface area contributed by atoms with Gasteiger partial charge in [0, 0.05) is 13.0 Å². The van der Waals surface area contributed by atoms with Gasteiger partial charge in [-0.25, -0.2) is 4.79 Å². The van der Waals surface area contributed by atoms with Crippen molar-refractivity contribution in [2.45, 2.75) is 58.2 Å². The van der Waals surface area contributed by atoms with E-state index in [4.69, 9.17) is 0 Å². The Labute approximate surface area is 107 Å². The van der Waals surface area contributed by atoms with E-state index in [1.807, 2.05) is 0 Å². The van der Waals surface area contributed by atoms with Crippen LogP contribution in [0.15, 0.2) is 0 Å². The molecule has 2 fully saturated rings. The maximum Gasteiger partial charge on any atom is 0.418 e. The maximum absolute atomic E-state index is 11.9. The molecule has 1 amide bonds. The van der Waals surface area contributed by atoms with Gasteiger partial charge in [-0.15, -0.1) is 0 Å². The highest BCUT2D eigenvalue weighted by atomic mass is 16.6. The van der Waals surface area contributed by atoms with E-state index in [2.05, 4.69) is 18.6 Å². The van der Waals surface area contributed by atoms with Crippen molar-refractivity contribution in [1.29, 1.82) is 0 Å². The molecule has 5 heteroatoms. The second-order valence-electron chi connectivity index (χ2n) is 5.70. The van der Waals surface area contributed by atoms with Gasteiger partial charge in [0.1, 0.15) is 0 Å². The predicted octanol–water partition coefficient (Wildman–Crippen LogP) is 1.54. The minimum absolute atomic E-state index is 0.109. The molecule has 0 radical (unpaired) electrons. The summed E-state index contributed by atoms with van der Waals surface area (Å²) in [5.41, 5.74) is 0. The van der Waals surface area contributed by atoms with Crippen molar-refractivity contribution in [3.8, 4) is 0 Å². The number of aliphatic hydroxyl groups is 1. The predicted molar refractivity (Wildman–Crippen MR) is 64.8 cm³/mol. The lowest BCUT2D eigenvalue weighted by molar-refractivity contribution is -0.137. The Morgan fingerprint density at radius 2 is 2.00 bits per heavy atom. The molecule has 2 aliphatic rings. The molecule has 0 saturated carbocycles. The van der Waals surface area contributed by atoms with Gasteiger partial charge in [-0.2, -0.15) is 0 Å². The van der Waals surface area contributed by atoms with E-state index in [9.17, 15) is 14.7 Å². The van der Waals surface area contributed by atoms with Gasteiger partial charge in [0.05, 0.1) is 12.1 Å². The summed E-state index contributed by atoms with van der Waals surface area (Å²) >= 11 is 0. The zero-order chi connectivity index (χ0) is 13.4. The van der Waals surface area contributed by atoms with E-state index in [0.717, 1.165) is 19.3 Å². The Bertz CT molecular complexity index is 355. The number of aliphatic hydroxyl groups excluding tert-OH is 1. The molecule has 18 heavy (non-hydrogen) atoms. The molecule has 2 rings (SSSR count). The van der Waals surface area contributed by atoms with Crippen molar-refractivity contribution >= 4 is 12.1 Å². The molecule has 4 unspecified atom stereocenters. The average Bonchev–Trinajstić information content (AvgIpc) is 2.59. The number of ether oxygens (including phenoxy) is 1. The smallest absolute Gasteiger partial charge is 0.391 e. The average molecular weight is 255 g/mol. The molecule has 0 aliphatic carbocycles. The van der Waals surface area contributed by atoms with Crippen LogP contribution in [0.3, 0.4) is 0 Å². The highest BCUT2D eigenvalue weighted by Crippen LogP contribution is 2.41. The van der Waals surface area contributed by atoms with E-state index in [1.165, 1.54) is 6.92 Å². The first-order valence-electron chi connectivity index (χ1n) is 6.60. The summed E-state index contributed by atoms with van der Waals surface area (Å²) in [5.74, 6) is 0.0258. The number of hydrogen-bond acceptors (Lipinski definition) is 4. The largest absolute Gasteiger partial charge is 0.418 e. The highest BCUT2D eigenvalue weighted by molar-refractivity contribution is 5.83. The fourth-order valence-electron chi connectivity index (χ4n) is 3.34. The lowest BCUT2D eigenvalue weighted by Crippen LogP contribution is -2.55. The van der Waals surface area contributed by atoms with Crippen molar-refractivity contribution in [2.75, 3.05) is 0 Å². The molecular weight excluding hydrogens is 234 g/mol. The van der Waals surface area contributed by atoms with Crippen LogP contribution in [-0.2, 0) is 9.53 Å². The van der Waals surface area contributed by atoms with Crippen LogP contribution in [0.25, 0.3) is 0 Å². The monoisotopic (exact) mass is 255 g/mol. The summed E-state index contributed by atoms with van der Waals surface area (Å²) in [4.78, 5) is 24.3. The van der Waals surface area contributed by atoms with Gasteiger partial charge in [-0.3, -0.25) is 9.69 Å². The first kappa shape index (κ1) is 13.3. The van der Waals surface area contributed by atoms with Crippen LogP contribution < -0.4 is 0 Å². The summed E-state index contributed by atoms with van der Waals surface area (Å²) in [6.07, 6.45) is 1.36. The van der Waals surface area contributed by atoms with Gasteiger partial charge in [0.25, 0.3) is 0 Å². The van der Waals surface area contributed by atoms with E-state index in [0.29, 0.717) is 5.92 Å². The first-order chi connectivity index (χ1) is 8.41.